The summed E-state index contributed by atoms with van der Waals surface area (Å²) in [5, 5.41) is 13.5. The minimum Gasteiger partial charge on any atom is -0.483 e. The van der Waals surface area contributed by atoms with Crippen LogP contribution in [0.2, 0.25) is 0 Å². The van der Waals surface area contributed by atoms with Crippen LogP contribution in [-0.2, 0) is 11.8 Å². The maximum atomic E-state index is 12.0. The van der Waals surface area contributed by atoms with Gasteiger partial charge in [-0.15, -0.1) is 0 Å². The number of para-hydroxylation sites is 1. The zero-order valence-electron chi connectivity index (χ0n) is 12.8. The first kappa shape index (κ1) is 14.8. The fourth-order valence-electron chi connectivity index (χ4n) is 2.17. The van der Waals surface area contributed by atoms with E-state index in [9.17, 15) is 4.79 Å². The van der Waals surface area contributed by atoms with Crippen LogP contribution in [0, 0.1) is 6.92 Å². The number of carbonyl (C=O) groups is 1. The van der Waals surface area contributed by atoms with Gasteiger partial charge in [-0.05, 0) is 19.1 Å². The van der Waals surface area contributed by atoms with Crippen molar-refractivity contribution in [3.8, 4) is 17.1 Å². The summed E-state index contributed by atoms with van der Waals surface area (Å²) in [5.41, 5.74) is 1.58. The van der Waals surface area contributed by atoms with Gasteiger partial charge in [0, 0.05) is 13.1 Å². The lowest BCUT2D eigenvalue weighted by molar-refractivity contribution is -0.118. The summed E-state index contributed by atoms with van der Waals surface area (Å²) in [6.45, 7) is 1.75. The number of ether oxygens (including phenoxy) is 1. The van der Waals surface area contributed by atoms with E-state index < -0.39 is 0 Å². The first-order chi connectivity index (χ1) is 11.1. The second-order valence-electron chi connectivity index (χ2n) is 4.96. The molecule has 118 valence electrons. The topological polar surface area (TPSA) is 97.7 Å². The molecular weight excluding hydrogens is 296 g/mol. The molecule has 0 aliphatic carbocycles. The Morgan fingerprint density at radius 1 is 1.39 bits per heavy atom. The molecule has 0 atom stereocenters. The Hall–Kier alpha value is -3.16. The molecule has 2 heterocycles. The smallest absolute Gasteiger partial charge is 0.263 e. The van der Waals surface area contributed by atoms with Gasteiger partial charge in [-0.1, -0.05) is 12.1 Å². The van der Waals surface area contributed by atoms with Crippen LogP contribution in [0.5, 0.6) is 5.75 Å². The zero-order valence-corrected chi connectivity index (χ0v) is 12.8. The third-order valence-corrected chi connectivity index (χ3v) is 3.19. The van der Waals surface area contributed by atoms with Gasteiger partial charge in [0.15, 0.2) is 12.4 Å². The average Bonchev–Trinajstić information content (AvgIpc) is 3.16. The molecular formula is C15H16N6O2. The van der Waals surface area contributed by atoms with E-state index in [0.29, 0.717) is 17.4 Å². The lowest BCUT2D eigenvalue weighted by atomic mass is 10.2. The maximum Gasteiger partial charge on any atom is 0.263 e. The van der Waals surface area contributed by atoms with Crippen molar-refractivity contribution >= 4 is 11.7 Å². The molecule has 8 heteroatoms. The molecule has 0 saturated heterocycles. The minimum absolute atomic E-state index is 0.116. The van der Waals surface area contributed by atoms with Crippen LogP contribution < -0.4 is 10.1 Å². The summed E-state index contributed by atoms with van der Waals surface area (Å²) in [4.78, 5) is 16.1. The van der Waals surface area contributed by atoms with Crippen LogP contribution in [0.25, 0.3) is 11.4 Å². The Kier molecular flexibility index (Phi) is 4.05. The summed E-state index contributed by atoms with van der Waals surface area (Å²) < 4.78 is 7.22. The fourth-order valence-corrected chi connectivity index (χ4v) is 2.17. The summed E-state index contributed by atoms with van der Waals surface area (Å²) in [7, 11) is 1.77. The minimum atomic E-state index is -0.264. The molecule has 0 unspecified atom stereocenters. The van der Waals surface area contributed by atoms with Gasteiger partial charge in [-0.3, -0.25) is 14.6 Å². The number of benzene rings is 1. The Balaban J connectivity index is 1.67. The van der Waals surface area contributed by atoms with Crippen LogP contribution in [0.3, 0.4) is 0 Å². The van der Waals surface area contributed by atoms with Crippen molar-refractivity contribution < 1.29 is 9.53 Å². The number of H-pyrrole nitrogens is 1. The highest BCUT2D eigenvalue weighted by Gasteiger charge is 2.11. The van der Waals surface area contributed by atoms with Gasteiger partial charge < -0.3 is 10.1 Å². The van der Waals surface area contributed by atoms with Crippen molar-refractivity contribution in [2.75, 3.05) is 11.9 Å². The molecule has 2 N–H and O–H groups in total. The maximum absolute atomic E-state index is 12.0. The van der Waals surface area contributed by atoms with Crippen molar-refractivity contribution in [1.82, 2.24) is 25.0 Å². The van der Waals surface area contributed by atoms with Crippen molar-refractivity contribution in [2.24, 2.45) is 7.05 Å². The fraction of sp³-hybridized carbons (Fsp3) is 0.200. The third kappa shape index (κ3) is 3.37. The molecule has 0 bridgehead atoms. The number of amides is 1. The molecule has 8 nitrogen and oxygen atoms in total. The third-order valence-electron chi connectivity index (χ3n) is 3.19. The molecule has 0 radical (unpaired) electrons. The van der Waals surface area contributed by atoms with Crippen molar-refractivity contribution in [3.05, 3.63) is 42.4 Å². The largest absolute Gasteiger partial charge is 0.483 e. The van der Waals surface area contributed by atoms with Crippen LogP contribution in [0.15, 0.2) is 36.7 Å². The lowest BCUT2D eigenvalue weighted by Crippen LogP contribution is -2.21. The number of anilines is 1. The normalized spacial score (nSPS) is 10.5. The van der Waals surface area contributed by atoms with E-state index in [-0.39, 0.29) is 12.5 Å². The monoisotopic (exact) mass is 312 g/mol. The first-order valence-electron chi connectivity index (χ1n) is 7.01. The van der Waals surface area contributed by atoms with Crippen LogP contribution in [0.4, 0.5) is 5.82 Å². The number of hydrogen-bond acceptors (Lipinski definition) is 5. The summed E-state index contributed by atoms with van der Waals surface area (Å²) in [5.74, 6) is 1.50. The number of nitrogens with one attached hydrogen (secondary N) is 2. The number of carbonyl (C=O) groups excluding carboxylic acids is 1. The van der Waals surface area contributed by atoms with Crippen molar-refractivity contribution in [1.29, 1.82) is 0 Å². The predicted octanol–water partition coefficient (Wildman–Crippen LogP) is 1.53. The van der Waals surface area contributed by atoms with E-state index in [1.165, 1.54) is 6.33 Å². The molecule has 0 aliphatic rings. The summed E-state index contributed by atoms with van der Waals surface area (Å²) >= 11 is 0. The van der Waals surface area contributed by atoms with Gasteiger partial charge in [0.2, 0.25) is 0 Å². The van der Waals surface area contributed by atoms with Gasteiger partial charge >= 0.3 is 0 Å². The van der Waals surface area contributed by atoms with E-state index in [4.69, 9.17) is 4.74 Å². The standard InChI is InChI=1S/C15H16N6O2/c1-10-7-13(21(2)20-10)18-14(22)8-23-12-6-4-3-5-11(12)15-16-9-17-19-15/h3-7,9H,8H2,1-2H3,(H,18,22)(H,16,17,19). The van der Waals surface area contributed by atoms with Gasteiger partial charge in [0.1, 0.15) is 17.9 Å². The summed E-state index contributed by atoms with van der Waals surface area (Å²) in [6, 6.07) is 9.11. The van der Waals surface area contributed by atoms with Crippen LogP contribution in [-0.4, -0.2) is 37.5 Å². The van der Waals surface area contributed by atoms with E-state index in [2.05, 4.69) is 25.6 Å². The highest BCUT2D eigenvalue weighted by atomic mass is 16.5. The highest BCUT2D eigenvalue weighted by Crippen LogP contribution is 2.26. The van der Waals surface area contributed by atoms with Crippen LogP contribution >= 0.6 is 0 Å². The Morgan fingerprint density at radius 2 is 2.22 bits per heavy atom. The predicted molar refractivity (Wildman–Crippen MR) is 83.9 cm³/mol. The van der Waals surface area contributed by atoms with Crippen LogP contribution in [0.1, 0.15) is 5.69 Å². The first-order valence-corrected chi connectivity index (χ1v) is 7.01. The molecule has 1 amide bonds. The van der Waals surface area contributed by atoms with Crippen molar-refractivity contribution in [2.45, 2.75) is 6.92 Å². The van der Waals surface area contributed by atoms with E-state index >= 15 is 0 Å². The molecule has 3 rings (SSSR count). The molecule has 23 heavy (non-hydrogen) atoms. The highest BCUT2D eigenvalue weighted by molar-refractivity contribution is 5.91. The number of aromatic amines is 1. The quantitative estimate of drug-likeness (QED) is 0.744. The zero-order chi connectivity index (χ0) is 16.2. The number of aromatic nitrogens is 5. The molecule has 1 aromatic carbocycles. The Labute approximate surface area is 132 Å². The molecule has 0 fully saturated rings. The molecule has 3 aromatic rings. The molecule has 0 spiro atoms. The molecule has 0 aliphatic heterocycles. The van der Waals surface area contributed by atoms with E-state index in [1.54, 1.807) is 23.9 Å². The average molecular weight is 312 g/mol. The SMILES string of the molecule is Cc1cc(NC(=O)COc2ccccc2-c2ncn[nH]2)n(C)n1. The number of aryl methyl sites for hydroxylation is 2. The number of hydrogen-bond donors (Lipinski definition) is 2. The van der Waals surface area contributed by atoms with E-state index in [0.717, 1.165) is 11.3 Å². The van der Waals surface area contributed by atoms with Gasteiger partial charge in [0.05, 0.1) is 11.3 Å². The van der Waals surface area contributed by atoms with Gasteiger partial charge in [-0.25, -0.2) is 4.98 Å². The lowest BCUT2D eigenvalue weighted by Gasteiger charge is -2.10. The molecule has 0 saturated carbocycles. The van der Waals surface area contributed by atoms with Gasteiger partial charge in [0.25, 0.3) is 5.91 Å². The number of rotatable bonds is 5. The summed E-state index contributed by atoms with van der Waals surface area (Å²) in [6.07, 6.45) is 1.42. The second kappa shape index (κ2) is 6.30. The van der Waals surface area contributed by atoms with Crippen molar-refractivity contribution in [3.63, 3.8) is 0 Å². The number of nitrogens with zero attached hydrogens (tertiary/aromatic N) is 4. The van der Waals surface area contributed by atoms with Gasteiger partial charge in [-0.2, -0.15) is 10.2 Å². The Bertz CT molecular complexity index is 809. The Morgan fingerprint density at radius 3 is 2.91 bits per heavy atom. The van der Waals surface area contributed by atoms with E-state index in [1.807, 2.05) is 25.1 Å². The molecule has 2 aromatic heterocycles. The second-order valence-corrected chi connectivity index (χ2v) is 4.96.